The van der Waals surface area contributed by atoms with E-state index in [1.165, 1.54) is 29.6 Å². The second-order valence-electron chi connectivity index (χ2n) is 6.41. The predicted octanol–water partition coefficient (Wildman–Crippen LogP) is 4.96. The summed E-state index contributed by atoms with van der Waals surface area (Å²) in [5.74, 6) is -0.356. The molecule has 0 saturated carbocycles. The van der Waals surface area contributed by atoms with Crippen molar-refractivity contribution in [1.82, 2.24) is 10.3 Å². The van der Waals surface area contributed by atoms with Crippen molar-refractivity contribution in [1.29, 1.82) is 0 Å². The first kappa shape index (κ1) is 20.5. The third-order valence-electron chi connectivity index (χ3n) is 4.07. The molecule has 0 radical (unpaired) electrons. The molecule has 0 aliphatic rings. The number of aromatic nitrogens is 1. The fourth-order valence-corrected chi connectivity index (χ4v) is 4.55. The van der Waals surface area contributed by atoms with Crippen LogP contribution >= 0.6 is 34.3 Å². The molecule has 3 aromatic rings. The summed E-state index contributed by atoms with van der Waals surface area (Å²) < 4.78 is 0. The van der Waals surface area contributed by atoms with E-state index in [1.807, 2.05) is 42.6 Å². The summed E-state index contributed by atoms with van der Waals surface area (Å²) in [6.07, 6.45) is 2.62. The van der Waals surface area contributed by atoms with Crippen LogP contribution in [0.4, 0.5) is 5.13 Å². The molecule has 28 heavy (non-hydrogen) atoms. The molecule has 8 heteroatoms. The minimum Gasteiger partial charge on any atom is -0.348 e. The normalized spacial score (nSPS) is 11.8. The van der Waals surface area contributed by atoms with Gasteiger partial charge in [0.25, 0.3) is 0 Å². The van der Waals surface area contributed by atoms with Crippen molar-refractivity contribution in [2.24, 2.45) is 0 Å². The Bertz CT molecular complexity index is 970. The zero-order chi connectivity index (χ0) is 20.1. The number of rotatable bonds is 7. The van der Waals surface area contributed by atoms with Crippen LogP contribution < -0.4 is 10.6 Å². The van der Waals surface area contributed by atoms with E-state index in [0.29, 0.717) is 11.6 Å². The van der Waals surface area contributed by atoms with Crippen molar-refractivity contribution in [3.8, 4) is 0 Å². The number of benzene rings is 1. The summed E-state index contributed by atoms with van der Waals surface area (Å²) in [6.45, 7) is 3.42. The minimum atomic E-state index is -0.341. The molecule has 2 amide bonds. The number of amides is 2. The Balaban J connectivity index is 1.61. The molecule has 1 atom stereocenters. The summed E-state index contributed by atoms with van der Waals surface area (Å²) in [4.78, 5) is 30.2. The monoisotopic (exact) mass is 433 g/mol. The predicted molar refractivity (Wildman–Crippen MR) is 115 cm³/mol. The number of thiophene rings is 1. The van der Waals surface area contributed by atoms with E-state index in [9.17, 15) is 9.59 Å². The number of nitrogens with one attached hydrogen (secondary N) is 2. The molecule has 1 aromatic carbocycles. The molecule has 0 spiro atoms. The highest BCUT2D eigenvalue weighted by Gasteiger charge is 2.19. The van der Waals surface area contributed by atoms with Crippen LogP contribution in [0.5, 0.6) is 0 Å². The van der Waals surface area contributed by atoms with E-state index in [-0.39, 0.29) is 24.3 Å². The Hall–Kier alpha value is -2.22. The Labute approximate surface area is 176 Å². The molecule has 0 saturated heterocycles. The van der Waals surface area contributed by atoms with Gasteiger partial charge in [0.2, 0.25) is 11.8 Å². The SMILES string of the molecule is CC(=O)NC(CC(=O)Nc1ncc(Cc2ccc(C)c(Cl)c2)s1)c1cccs1. The molecule has 2 aromatic heterocycles. The van der Waals surface area contributed by atoms with Crippen molar-refractivity contribution in [3.63, 3.8) is 0 Å². The van der Waals surface area contributed by atoms with Gasteiger partial charge in [0.15, 0.2) is 5.13 Å². The van der Waals surface area contributed by atoms with Gasteiger partial charge in [-0.05, 0) is 35.6 Å². The number of hydrogen-bond donors (Lipinski definition) is 2. The lowest BCUT2D eigenvalue weighted by atomic mass is 10.1. The molecule has 0 aliphatic heterocycles. The summed E-state index contributed by atoms with van der Waals surface area (Å²) in [5.41, 5.74) is 2.14. The van der Waals surface area contributed by atoms with Crippen LogP contribution in [0, 0.1) is 6.92 Å². The van der Waals surface area contributed by atoms with Crippen molar-refractivity contribution >= 4 is 51.2 Å². The molecular weight excluding hydrogens is 414 g/mol. The van der Waals surface area contributed by atoms with Crippen LogP contribution in [0.2, 0.25) is 5.02 Å². The molecule has 1 unspecified atom stereocenters. The third kappa shape index (κ3) is 5.64. The lowest BCUT2D eigenvalue weighted by Crippen LogP contribution is -2.29. The van der Waals surface area contributed by atoms with Gasteiger partial charge in [-0.15, -0.1) is 22.7 Å². The number of aryl methyl sites for hydroxylation is 1. The van der Waals surface area contributed by atoms with Gasteiger partial charge < -0.3 is 10.6 Å². The highest BCUT2D eigenvalue weighted by atomic mass is 35.5. The van der Waals surface area contributed by atoms with E-state index < -0.39 is 0 Å². The Morgan fingerprint density at radius 3 is 2.79 bits per heavy atom. The summed E-state index contributed by atoms with van der Waals surface area (Å²) in [6, 6.07) is 9.45. The minimum absolute atomic E-state index is 0.155. The van der Waals surface area contributed by atoms with Gasteiger partial charge >= 0.3 is 0 Å². The van der Waals surface area contributed by atoms with E-state index in [1.54, 1.807) is 6.20 Å². The summed E-state index contributed by atoms with van der Waals surface area (Å²) in [7, 11) is 0. The van der Waals surface area contributed by atoms with Crippen LogP contribution in [0.3, 0.4) is 0 Å². The molecule has 0 aliphatic carbocycles. The summed E-state index contributed by atoms with van der Waals surface area (Å²) in [5, 5.41) is 8.87. The van der Waals surface area contributed by atoms with Crippen LogP contribution in [0.25, 0.3) is 0 Å². The van der Waals surface area contributed by atoms with E-state index in [0.717, 1.165) is 25.9 Å². The van der Waals surface area contributed by atoms with Crippen molar-refractivity contribution in [2.45, 2.75) is 32.7 Å². The maximum absolute atomic E-state index is 12.4. The number of nitrogens with zero attached hydrogens (tertiary/aromatic N) is 1. The number of carbonyl (C=O) groups is 2. The molecule has 2 N–H and O–H groups in total. The largest absolute Gasteiger partial charge is 0.348 e. The molecule has 3 rings (SSSR count). The second-order valence-corrected chi connectivity index (χ2v) is 8.91. The van der Waals surface area contributed by atoms with Gasteiger partial charge in [-0.1, -0.05) is 29.8 Å². The molecular formula is C20H20ClN3O2S2. The number of hydrogen-bond acceptors (Lipinski definition) is 5. The van der Waals surface area contributed by atoms with Crippen LogP contribution in [0.1, 0.15) is 40.3 Å². The maximum Gasteiger partial charge on any atom is 0.228 e. The standard InChI is InChI=1S/C20H20ClN3O2S2/c1-12-5-6-14(9-16(12)21)8-15-11-22-20(28-15)24-19(26)10-17(23-13(2)25)18-4-3-7-27-18/h3-7,9,11,17H,8,10H2,1-2H3,(H,23,25)(H,22,24,26). The first-order valence-corrected chi connectivity index (χ1v) is 10.8. The molecule has 0 fully saturated rings. The lowest BCUT2D eigenvalue weighted by Gasteiger charge is -2.15. The van der Waals surface area contributed by atoms with Gasteiger partial charge in [-0.25, -0.2) is 4.98 Å². The van der Waals surface area contributed by atoms with Crippen LogP contribution in [0.15, 0.2) is 41.9 Å². The van der Waals surface area contributed by atoms with Crippen molar-refractivity contribution in [3.05, 3.63) is 67.8 Å². The van der Waals surface area contributed by atoms with Gasteiger partial charge in [0.1, 0.15) is 0 Å². The maximum atomic E-state index is 12.4. The Morgan fingerprint density at radius 1 is 1.29 bits per heavy atom. The second kappa shape index (κ2) is 9.32. The zero-order valence-electron chi connectivity index (χ0n) is 15.5. The number of anilines is 1. The van der Waals surface area contributed by atoms with E-state index in [4.69, 9.17) is 11.6 Å². The number of thiazole rings is 1. The number of carbonyl (C=O) groups excluding carboxylic acids is 2. The fourth-order valence-electron chi connectivity index (χ4n) is 2.71. The average molecular weight is 434 g/mol. The van der Waals surface area contributed by atoms with Crippen LogP contribution in [-0.2, 0) is 16.0 Å². The number of halogens is 1. The molecule has 5 nitrogen and oxygen atoms in total. The van der Waals surface area contributed by atoms with Gasteiger partial charge in [0, 0.05) is 34.3 Å². The first-order valence-electron chi connectivity index (χ1n) is 8.71. The van der Waals surface area contributed by atoms with Gasteiger partial charge in [-0.3, -0.25) is 9.59 Å². The quantitative estimate of drug-likeness (QED) is 0.553. The van der Waals surface area contributed by atoms with E-state index in [2.05, 4.69) is 15.6 Å². The van der Waals surface area contributed by atoms with Crippen LogP contribution in [-0.4, -0.2) is 16.8 Å². The smallest absolute Gasteiger partial charge is 0.228 e. The highest BCUT2D eigenvalue weighted by Crippen LogP contribution is 2.26. The molecule has 146 valence electrons. The van der Waals surface area contributed by atoms with Gasteiger partial charge in [0.05, 0.1) is 12.5 Å². The first-order chi connectivity index (χ1) is 13.4. The van der Waals surface area contributed by atoms with Crippen molar-refractivity contribution < 1.29 is 9.59 Å². The fraction of sp³-hybridized carbons (Fsp3) is 0.250. The lowest BCUT2D eigenvalue weighted by molar-refractivity contribution is -0.120. The molecule has 2 heterocycles. The Morgan fingerprint density at radius 2 is 2.11 bits per heavy atom. The molecule has 0 bridgehead atoms. The topological polar surface area (TPSA) is 71.1 Å². The Kier molecular flexibility index (Phi) is 6.83. The third-order valence-corrected chi connectivity index (χ3v) is 6.37. The van der Waals surface area contributed by atoms with E-state index >= 15 is 0 Å². The zero-order valence-corrected chi connectivity index (χ0v) is 17.9. The van der Waals surface area contributed by atoms with Crippen molar-refractivity contribution in [2.75, 3.05) is 5.32 Å². The van der Waals surface area contributed by atoms with Gasteiger partial charge in [-0.2, -0.15) is 0 Å². The summed E-state index contributed by atoms with van der Waals surface area (Å²) >= 11 is 9.13. The highest BCUT2D eigenvalue weighted by molar-refractivity contribution is 7.15. The average Bonchev–Trinajstić information content (AvgIpc) is 3.29.